The molecule has 0 heterocycles. The van der Waals surface area contributed by atoms with Crippen molar-refractivity contribution in [2.24, 2.45) is 5.41 Å². The van der Waals surface area contributed by atoms with Crippen molar-refractivity contribution < 1.29 is 32.0 Å². The first-order valence-electron chi connectivity index (χ1n) is 2.91. The maximum Gasteiger partial charge on any atom is 3.00 e. The first kappa shape index (κ1) is 12.7. The molecule has 3 heteroatoms. The van der Waals surface area contributed by atoms with Crippen LogP contribution in [0.3, 0.4) is 0 Å². The molecular weight excluding hydrogens is 313 g/mol. The van der Waals surface area contributed by atoms with E-state index in [-0.39, 0.29) is 33.9 Å². The van der Waals surface area contributed by atoms with Crippen LogP contribution in [0.4, 0.5) is 0 Å². The minimum Gasteiger partial charge on any atom is -0.299 e. The molecule has 0 radical (unpaired) electrons. The third-order valence-electron chi connectivity index (χ3n) is 1.76. The Morgan fingerprint density at radius 2 is 1.20 bits per heavy atom. The molecular formula is C7H12AuO2+3. The maximum atomic E-state index is 10.7. The van der Waals surface area contributed by atoms with Crippen molar-refractivity contribution in [3.05, 3.63) is 0 Å². The fraction of sp³-hybridized carbons (Fsp3) is 0.714. The second-order valence-corrected chi connectivity index (χ2v) is 2.74. The Kier molecular flexibility index (Phi) is 5.17. The summed E-state index contributed by atoms with van der Waals surface area (Å²) in [5.41, 5.74) is -0.778. The number of carbonyl (C=O) groups excluding carboxylic acids is 2. The van der Waals surface area contributed by atoms with Gasteiger partial charge in [0, 0.05) is 0 Å². The molecule has 10 heavy (non-hydrogen) atoms. The fourth-order valence-corrected chi connectivity index (χ4v) is 0.248. The summed E-state index contributed by atoms with van der Waals surface area (Å²) in [6.45, 7) is 6.14. The predicted octanol–water partition coefficient (Wildman–Crippen LogP) is 1.19. The van der Waals surface area contributed by atoms with Crippen LogP contribution in [0.25, 0.3) is 0 Å². The van der Waals surface area contributed by atoms with Crippen molar-refractivity contribution in [1.82, 2.24) is 0 Å². The summed E-state index contributed by atoms with van der Waals surface area (Å²) in [7, 11) is 0. The minimum atomic E-state index is -0.778. The van der Waals surface area contributed by atoms with Gasteiger partial charge in [0.05, 0.1) is 5.41 Å². The van der Waals surface area contributed by atoms with Gasteiger partial charge in [-0.2, -0.15) is 0 Å². The van der Waals surface area contributed by atoms with Gasteiger partial charge in [-0.15, -0.1) is 0 Å². The zero-order valence-corrected chi connectivity index (χ0v) is 8.78. The normalized spacial score (nSPS) is 10.0. The van der Waals surface area contributed by atoms with Crippen molar-refractivity contribution in [2.75, 3.05) is 0 Å². The molecule has 0 aromatic carbocycles. The molecule has 0 aliphatic rings. The largest absolute Gasteiger partial charge is 3.00 e. The summed E-state index contributed by atoms with van der Waals surface area (Å²) in [6.07, 6.45) is 0. The van der Waals surface area contributed by atoms with Gasteiger partial charge in [-0.25, -0.2) is 0 Å². The first-order valence-corrected chi connectivity index (χ1v) is 2.91. The number of carbonyl (C=O) groups is 2. The molecule has 60 valence electrons. The summed E-state index contributed by atoms with van der Waals surface area (Å²) < 4.78 is 0. The molecule has 0 bridgehead atoms. The summed E-state index contributed by atoms with van der Waals surface area (Å²) in [5.74, 6) is -0.148. The summed E-state index contributed by atoms with van der Waals surface area (Å²) >= 11 is 0. The molecule has 0 aliphatic heterocycles. The maximum absolute atomic E-state index is 10.7. The Balaban J connectivity index is 0. The summed E-state index contributed by atoms with van der Waals surface area (Å²) in [6, 6.07) is 0. The minimum absolute atomic E-state index is 0. The second kappa shape index (κ2) is 4.06. The number of hydrogen-bond donors (Lipinski definition) is 0. The molecule has 0 aromatic rings. The van der Waals surface area contributed by atoms with Crippen LogP contribution in [0.15, 0.2) is 0 Å². The quantitative estimate of drug-likeness (QED) is 0.565. The molecule has 0 N–H and O–H groups in total. The van der Waals surface area contributed by atoms with Gasteiger partial charge in [0.1, 0.15) is 11.6 Å². The van der Waals surface area contributed by atoms with Gasteiger partial charge in [0.25, 0.3) is 0 Å². The molecule has 0 fully saturated rings. The SMILES string of the molecule is CC(=O)C(C)(C)C(C)=O.[Au+3]. The van der Waals surface area contributed by atoms with Gasteiger partial charge in [-0.3, -0.25) is 9.59 Å². The number of hydrogen-bond acceptors (Lipinski definition) is 2. The number of ketones is 2. The Hall–Kier alpha value is 0.0803. The molecule has 0 amide bonds. The standard InChI is InChI=1S/C7H12O2.Au/c1-5(8)7(3,4)6(2)9;/h1-4H3;/q;+3. The molecule has 2 nitrogen and oxygen atoms in total. The third-order valence-corrected chi connectivity index (χ3v) is 1.76. The van der Waals surface area contributed by atoms with E-state index < -0.39 is 5.41 Å². The van der Waals surface area contributed by atoms with Gasteiger partial charge in [-0.05, 0) is 27.7 Å². The van der Waals surface area contributed by atoms with Crippen LogP contribution in [0.2, 0.25) is 0 Å². The van der Waals surface area contributed by atoms with Crippen molar-refractivity contribution in [2.45, 2.75) is 27.7 Å². The molecule has 0 atom stereocenters. The molecule has 0 aliphatic carbocycles. The van der Waals surface area contributed by atoms with E-state index in [2.05, 4.69) is 0 Å². The second-order valence-electron chi connectivity index (χ2n) is 2.74. The van der Waals surface area contributed by atoms with Gasteiger partial charge in [0.15, 0.2) is 0 Å². The van der Waals surface area contributed by atoms with Crippen LogP contribution >= 0.6 is 0 Å². The van der Waals surface area contributed by atoms with Gasteiger partial charge >= 0.3 is 22.4 Å². The Morgan fingerprint density at radius 1 is 1.00 bits per heavy atom. The Morgan fingerprint density at radius 3 is 1.20 bits per heavy atom. The average molecular weight is 325 g/mol. The van der Waals surface area contributed by atoms with Crippen LogP contribution in [0, 0.1) is 5.41 Å². The van der Waals surface area contributed by atoms with Gasteiger partial charge < -0.3 is 0 Å². The monoisotopic (exact) mass is 325 g/mol. The fourth-order valence-electron chi connectivity index (χ4n) is 0.248. The van der Waals surface area contributed by atoms with Gasteiger partial charge in [-0.1, -0.05) is 0 Å². The van der Waals surface area contributed by atoms with E-state index in [1.54, 1.807) is 13.8 Å². The zero-order chi connectivity index (χ0) is 7.65. The topological polar surface area (TPSA) is 34.1 Å². The van der Waals surface area contributed by atoms with Crippen LogP contribution in [0.1, 0.15) is 27.7 Å². The van der Waals surface area contributed by atoms with Crippen LogP contribution in [0.5, 0.6) is 0 Å². The summed E-state index contributed by atoms with van der Waals surface area (Å²) in [4.78, 5) is 21.4. The van der Waals surface area contributed by atoms with Crippen LogP contribution < -0.4 is 0 Å². The summed E-state index contributed by atoms with van der Waals surface area (Å²) in [5, 5.41) is 0. The van der Waals surface area contributed by atoms with E-state index in [0.717, 1.165) is 0 Å². The predicted molar refractivity (Wildman–Crippen MR) is 35.1 cm³/mol. The van der Waals surface area contributed by atoms with Crippen molar-refractivity contribution in [3.8, 4) is 0 Å². The van der Waals surface area contributed by atoms with E-state index in [9.17, 15) is 9.59 Å². The Labute approximate surface area is 76.9 Å². The van der Waals surface area contributed by atoms with E-state index >= 15 is 0 Å². The van der Waals surface area contributed by atoms with Gasteiger partial charge in [0.2, 0.25) is 0 Å². The van der Waals surface area contributed by atoms with E-state index in [4.69, 9.17) is 0 Å². The molecule has 0 aromatic heterocycles. The van der Waals surface area contributed by atoms with Crippen molar-refractivity contribution in [3.63, 3.8) is 0 Å². The molecule has 0 rings (SSSR count). The number of rotatable bonds is 2. The van der Waals surface area contributed by atoms with Crippen LogP contribution in [-0.2, 0) is 32.0 Å². The first-order chi connectivity index (χ1) is 3.89. The smallest absolute Gasteiger partial charge is 0.299 e. The third kappa shape index (κ3) is 2.78. The molecule has 0 spiro atoms. The molecule has 0 saturated heterocycles. The molecule has 0 unspecified atom stereocenters. The van der Waals surface area contributed by atoms with E-state index in [1.807, 2.05) is 0 Å². The average Bonchev–Trinajstić information content (AvgIpc) is 1.65. The van der Waals surface area contributed by atoms with Crippen molar-refractivity contribution >= 4 is 11.6 Å². The number of Topliss-reactive ketones (excluding diaryl/α,β-unsaturated/α-hetero) is 2. The molecule has 0 saturated carbocycles. The van der Waals surface area contributed by atoms with E-state index in [1.165, 1.54) is 13.8 Å². The van der Waals surface area contributed by atoms with E-state index in [0.29, 0.717) is 0 Å². The van der Waals surface area contributed by atoms with Crippen molar-refractivity contribution in [1.29, 1.82) is 0 Å². The zero-order valence-electron chi connectivity index (χ0n) is 6.62. The Bertz CT molecular complexity index is 134. The van der Waals surface area contributed by atoms with Crippen LogP contribution in [-0.4, -0.2) is 11.6 Å².